The molecule has 1 aromatic rings. The average Bonchev–Trinajstić information content (AvgIpc) is 3.16. The van der Waals surface area contributed by atoms with Crippen LogP contribution in [0.2, 0.25) is 5.15 Å². The molecule has 0 aliphatic heterocycles. The quantitative estimate of drug-likeness (QED) is 0.791. The van der Waals surface area contributed by atoms with Gasteiger partial charge in [0, 0.05) is 12.0 Å². The zero-order chi connectivity index (χ0) is 15.6. The van der Waals surface area contributed by atoms with Crippen LogP contribution in [0.5, 0.6) is 0 Å². The van der Waals surface area contributed by atoms with E-state index in [4.69, 9.17) is 17.3 Å². The lowest BCUT2D eigenvalue weighted by Crippen LogP contribution is -2.36. The standard InChI is InChI=1S/C15H23ClN4O/c1-15(2,3)7-6-10(13(17)21)18-12-8-11(16)19-14(20-12)9-4-5-9/h8-10H,4-7H2,1-3H3,(H2,17,21)(H,18,19,20). The zero-order valence-electron chi connectivity index (χ0n) is 12.8. The summed E-state index contributed by atoms with van der Waals surface area (Å²) in [5.74, 6) is 1.37. The molecule has 1 fully saturated rings. The van der Waals surface area contributed by atoms with Gasteiger partial charge in [-0.15, -0.1) is 0 Å². The van der Waals surface area contributed by atoms with Gasteiger partial charge in [-0.2, -0.15) is 0 Å². The summed E-state index contributed by atoms with van der Waals surface area (Å²) in [6, 6.07) is 1.20. The van der Waals surface area contributed by atoms with Crippen molar-refractivity contribution in [3.63, 3.8) is 0 Å². The first-order chi connectivity index (χ1) is 9.74. The van der Waals surface area contributed by atoms with Crippen LogP contribution < -0.4 is 11.1 Å². The van der Waals surface area contributed by atoms with E-state index < -0.39 is 6.04 Å². The average molecular weight is 311 g/mol. The second kappa shape index (κ2) is 6.18. The minimum atomic E-state index is -0.442. The fourth-order valence-electron chi connectivity index (χ4n) is 2.07. The van der Waals surface area contributed by atoms with Crippen LogP contribution in [-0.2, 0) is 4.79 Å². The molecule has 1 unspecified atom stereocenters. The molecule has 5 nitrogen and oxygen atoms in total. The van der Waals surface area contributed by atoms with Crippen molar-refractivity contribution in [2.75, 3.05) is 5.32 Å². The Morgan fingerprint density at radius 3 is 2.67 bits per heavy atom. The highest BCUT2D eigenvalue weighted by molar-refractivity contribution is 6.29. The predicted molar refractivity (Wildman–Crippen MR) is 84.3 cm³/mol. The molecule has 3 N–H and O–H groups in total. The smallest absolute Gasteiger partial charge is 0.239 e. The fourth-order valence-corrected chi connectivity index (χ4v) is 2.26. The summed E-state index contributed by atoms with van der Waals surface area (Å²) < 4.78 is 0. The molecular formula is C15H23ClN4O. The van der Waals surface area contributed by atoms with Gasteiger partial charge < -0.3 is 11.1 Å². The van der Waals surface area contributed by atoms with Crippen LogP contribution in [0.1, 0.15) is 58.2 Å². The van der Waals surface area contributed by atoms with Crippen molar-refractivity contribution in [3.05, 3.63) is 17.0 Å². The Labute approximate surface area is 130 Å². The number of anilines is 1. The largest absolute Gasteiger partial charge is 0.368 e. The SMILES string of the molecule is CC(C)(C)CCC(Nc1cc(Cl)nc(C2CC2)n1)C(N)=O. The van der Waals surface area contributed by atoms with E-state index in [1.807, 2.05) is 0 Å². The number of halogens is 1. The molecule has 0 saturated heterocycles. The molecule has 1 aliphatic carbocycles. The molecule has 21 heavy (non-hydrogen) atoms. The summed E-state index contributed by atoms with van der Waals surface area (Å²) in [4.78, 5) is 20.3. The maximum atomic E-state index is 11.6. The van der Waals surface area contributed by atoms with Crippen LogP contribution in [0.15, 0.2) is 6.07 Å². The van der Waals surface area contributed by atoms with Crippen molar-refractivity contribution in [2.24, 2.45) is 11.1 Å². The molecule has 0 aromatic carbocycles. The minimum absolute atomic E-state index is 0.151. The van der Waals surface area contributed by atoms with E-state index in [1.54, 1.807) is 6.07 Å². The summed E-state index contributed by atoms with van der Waals surface area (Å²) >= 11 is 6.03. The van der Waals surface area contributed by atoms with Gasteiger partial charge in [-0.3, -0.25) is 4.79 Å². The molecule has 1 aromatic heterocycles. The van der Waals surface area contributed by atoms with Crippen molar-refractivity contribution in [2.45, 2.75) is 58.4 Å². The van der Waals surface area contributed by atoms with Gasteiger partial charge in [-0.1, -0.05) is 32.4 Å². The highest BCUT2D eigenvalue weighted by Gasteiger charge is 2.28. The van der Waals surface area contributed by atoms with Gasteiger partial charge in [0.05, 0.1) is 0 Å². The monoisotopic (exact) mass is 310 g/mol. The lowest BCUT2D eigenvalue weighted by atomic mass is 9.88. The lowest BCUT2D eigenvalue weighted by molar-refractivity contribution is -0.119. The molecule has 1 aliphatic rings. The Kier molecular flexibility index (Phi) is 4.71. The molecule has 0 spiro atoms. The third-order valence-corrected chi connectivity index (χ3v) is 3.70. The number of primary amides is 1. The first-order valence-electron chi connectivity index (χ1n) is 7.35. The van der Waals surface area contributed by atoms with E-state index in [-0.39, 0.29) is 11.3 Å². The van der Waals surface area contributed by atoms with Crippen molar-refractivity contribution in [1.29, 1.82) is 0 Å². The van der Waals surface area contributed by atoms with Crippen molar-refractivity contribution in [3.8, 4) is 0 Å². The molecule has 0 bridgehead atoms. The van der Waals surface area contributed by atoms with Gasteiger partial charge in [0.25, 0.3) is 0 Å². The number of carbonyl (C=O) groups is 1. The molecule has 1 saturated carbocycles. The highest BCUT2D eigenvalue weighted by Crippen LogP contribution is 2.38. The molecule has 116 valence electrons. The Morgan fingerprint density at radius 2 is 2.14 bits per heavy atom. The van der Waals surface area contributed by atoms with E-state index in [9.17, 15) is 4.79 Å². The van der Waals surface area contributed by atoms with E-state index in [0.29, 0.717) is 23.3 Å². The van der Waals surface area contributed by atoms with E-state index in [0.717, 1.165) is 25.1 Å². The highest BCUT2D eigenvalue weighted by atomic mass is 35.5. The third-order valence-electron chi connectivity index (χ3n) is 3.50. The van der Waals surface area contributed by atoms with Crippen LogP contribution in [0.25, 0.3) is 0 Å². The van der Waals surface area contributed by atoms with Crippen LogP contribution >= 0.6 is 11.6 Å². The summed E-state index contributed by atoms with van der Waals surface area (Å²) in [6.07, 6.45) is 3.76. The second-order valence-corrected chi connectivity index (χ2v) is 7.29. The Bertz CT molecular complexity index is 523. The maximum absolute atomic E-state index is 11.6. The van der Waals surface area contributed by atoms with Gasteiger partial charge >= 0.3 is 0 Å². The number of nitrogens with two attached hydrogens (primary N) is 1. The van der Waals surface area contributed by atoms with Crippen LogP contribution in [0.4, 0.5) is 5.82 Å². The summed E-state index contributed by atoms with van der Waals surface area (Å²) in [5.41, 5.74) is 5.63. The number of hydrogen-bond acceptors (Lipinski definition) is 4. The summed E-state index contributed by atoms with van der Waals surface area (Å²) in [5, 5.41) is 3.50. The van der Waals surface area contributed by atoms with Crippen molar-refractivity contribution in [1.82, 2.24) is 9.97 Å². The van der Waals surface area contributed by atoms with Crippen LogP contribution in [0, 0.1) is 5.41 Å². The predicted octanol–water partition coefficient (Wildman–Crippen LogP) is 3.10. The number of rotatable bonds is 6. The van der Waals surface area contributed by atoms with E-state index >= 15 is 0 Å². The number of amides is 1. The lowest BCUT2D eigenvalue weighted by Gasteiger charge is -2.22. The van der Waals surface area contributed by atoms with Crippen LogP contribution in [-0.4, -0.2) is 21.9 Å². The number of nitrogens with zero attached hydrogens (tertiary/aromatic N) is 2. The summed E-state index contributed by atoms with van der Waals surface area (Å²) in [7, 11) is 0. The molecule has 1 atom stereocenters. The van der Waals surface area contributed by atoms with Gasteiger partial charge in [-0.05, 0) is 31.1 Å². The first-order valence-corrected chi connectivity index (χ1v) is 7.73. The first kappa shape index (κ1) is 16.0. The molecule has 1 amide bonds. The Balaban J connectivity index is 2.07. The number of carbonyl (C=O) groups excluding carboxylic acids is 1. The van der Waals surface area contributed by atoms with Gasteiger partial charge in [0.1, 0.15) is 22.8 Å². The fraction of sp³-hybridized carbons (Fsp3) is 0.667. The van der Waals surface area contributed by atoms with Gasteiger partial charge in [0.2, 0.25) is 5.91 Å². The minimum Gasteiger partial charge on any atom is -0.368 e. The topological polar surface area (TPSA) is 80.9 Å². The summed E-state index contributed by atoms with van der Waals surface area (Å²) in [6.45, 7) is 6.41. The molecular weight excluding hydrogens is 288 g/mol. The molecule has 1 heterocycles. The number of nitrogens with one attached hydrogen (secondary N) is 1. The Hall–Kier alpha value is -1.36. The van der Waals surface area contributed by atoms with Crippen molar-refractivity contribution >= 4 is 23.3 Å². The third kappa shape index (κ3) is 5.16. The van der Waals surface area contributed by atoms with E-state index in [1.165, 1.54) is 0 Å². The van der Waals surface area contributed by atoms with E-state index in [2.05, 4.69) is 36.1 Å². The zero-order valence-corrected chi connectivity index (χ0v) is 13.6. The second-order valence-electron chi connectivity index (χ2n) is 6.91. The molecule has 6 heteroatoms. The van der Waals surface area contributed by atoms with Gasteiger partial charge in [0.15, 0.2) is 0 Å². The van der Waals surface area contributed by atoms with Crippen LogP contribution in [0.3, 0.4) is 0 Å². The molecule has 2 rings (SSSR count). The van der Waals surface area contributed by atoms with Crippen molar-refractivity contribution < 1.29 is 4.79 Å². The number of hydrogen-bond donors (Lipinski definition) is 2. The Morgan fingerprint density at radius 1 is 1.48 bits per heavy atom. The number of aromatic nitrogens is 2. The maximum Gasteiger partial charge on any atom is 0.239 e. The molecule has 0 radical (unpaired) electrons. The normalized spacial score (nSPS) is 16.6. The van der Waals surface area contributed by atoms with Gasteiger partial charge in [-0.25, -0.2) is 9.97 Å².